The molecule has 1 aliphatic rings. The van der Waals surface area contributed by atoms with Crippen LogP contribution in [0.15, 0.2) is 42.7 Å². The van der Waals surface area contributed by atoms with Crippen molar-refractivity contribution in [3.63, 3.8) is 0 Å². The van der Waals surface area contributed by atoms with Crippen molar-refractivity contribution in [2.45, 2.75) is 27.4 Å². The summed E-state index contributed by atoms with van der Waals surface area (Å²) < 4.78 is 6.13. The van der Waals surface area contributed by atoms with Gasteiger partial charge in [-0.2, -0.15) is 5.06 Å². The van der Waals surface area contributed by atoms with Gasteiger partial charge in [0.25, 0.3) is 0 Å². The number of hydrogen-bond acceptors (Lipinski definition) is 2. The molecule has 4 nitrogen and oxygen atoms in total. The molecule has 0 aliphatic carbocycles. The Hall–Kier alpha value is 0.498. The van der Waals surface area contributed by atoms with Crippen LogP contribution in [-0.2, 0) is 32.9 Å². The van der Waals surface area contributed by atoms with E-state index in [9.17, 15) is 5.21 Å². The van der Waals surface area contributed by atoms with E-state index < -0.39 is 0 Å². The first-order valence-electron chi connectivity index (χ1n) is 7.44. The molecule has 1 aliphatic heterocycles. The van der Waals surface area contributed by atoms with E-state index in [0.717, 1.165) is 25.9 Å². The van der Waals surface area contributed by atoms with Crippen molar-refractivity contribution in [2.75, 3.05) is 6.54 Å². The second-order valence-electron chi connectivity index (χ2n) is 5.47. The number of aryl methyl sites for hydroxylation is 1. The standard InChI is InChI=1S/C11H12N2.C5H9I2NO.Pt/c1-12-7-8-13(10-12)9-11-5-3-2-4-6-11;6-5(7)4-2-1-3-8(4)9;/h2-8H,9H2,1H3;4-5,9H,1-3H2;/t;4-;/m.0./s1. The predicted molar refractivity (Wildman–Crippen MR) is 106 cm³/mol. The van der Waals surface area contributed by atoms with Gasteiger partial charge in [-0.25, -0.2) is 0 Å². The van der Waals surface area contributed by atoms with Gasteiger partial charge in [0, 0.05) is 6.54 Å². The molecule has 2 heterocycles. The summed E-state index contributed by atoms with van der Waals surface area (Å²) in [7, 11) is 2.06. The van der Waals surface area contributed by atoms with Gasteiger partial charge < -0.3 is 5.21 Å². The maximum atomic E-state index is 9.18. The third-order valence-corrected chi connectivity index (χ3v) is 6.83. The fourth-order valence-corrected chi connectivity index (χ4v) is 4.40. The molecular weight excluding hydrogens is 699 g/mol. The molecule has 1 fully saturated rings. The van der Waals surface area contributed by atoms with Gasteiger partial charge in [0.2, 0.25) is 0 Å². The fraction of sp³-hybridized carbons (Fsp3) is 0.438. The number of benzene rings is 1. The summed E-state index contributed by atoms with van der Waals surface area (Å²) in [6, 6.07) is 10.9. The molecule has 3 rings (SSSR count). The Bertz CT molecular complexity index is 657. The van der Waals surface area contributed by atoms with Gasteiger partial charge in [-0.1, -0.05) is 45.2 Å². The first-order chi connectivity index (χ1) is 11.0. The van der Waals surface area contributed by atoms with Crippen LogP contribution < -0.4 is 0 Å². The number of nitrogens with zero attached hydrogens (tertiary/aromatic N) is 3. The summed E-state index contributed by atoms with van der Waals surface area (Å²) in [6.45, 7) is 1.80. The number of alkyl halides is 2. The molecule has 0 amide bonds. The molecule has 0 bridgehead atoms. The Morgan fingerprint density at radius 2 is 1.96 bits per heavy atom. The third kappa shape index (κ3) is 6.06. The summed E-state index contributed by atoms with van der Waals surface area (Å²) in [4.78, 5) is 0. The minimum absolute atomic E-state index is 0.395. The molecule has 1 saturated heterocycles. The van der Waals surface area contributed by atoms with Crippen LogP contribution in [0.5, 0.6) is 0 Å². The zero-order valence-electron chi connectivity index (χ0n) is 12.9. The molecule has 0 spiro atoms. The Balaban J connectivity index is 0.000000185. The van der Waals surface area contributed by atoms with Crippen molar-refractivity contribution < 1.29 is 24.6 Å². The first kappa shape index (κ1) is 19.8. The van der Waals surface area contributed by atoms with Crippen molar-refractivity contribution in [1.82, 2.24) is 14.2 Å². The maximum Gasteiger partial charge on any atom is 0.0804 e. The Kier molecular flexibility index (Phi) is 8.48. The van der Waals surface area contributed by atoms with Crippen LogP contribution in [0.1, 0.15) is 18.4 Å². The van der Waals surface area contributed by atoms with Gasteiger partial charge in [0.1, 0.15) is 0 Å². The second-order valence-corrected chi connectivity index (χ2v) is 11.6. The number of halogens is 2. The molecule has 1 aromatic carbocycles. The van der Waals surface area contributed by atoms with E-state index in [1.807, 2.05) is 6.07 Å². The van der Waals surface area contributed by atoms with Crippen molar-refractivity contribution >= 4 is 45.2 Å². The van der Waals surface area contributed by atoms with E-state index in [2.05, 4.69) is 117 Å². The topological polar surface area (TPSA) is 33.3 Å². The molecule has 1 atom stereocenters. The minimum Gasteiger partial charge on any atom is -0.314 e. The van der Waals surface area contributed by atoms with Gasteiger partial charge >= 0.3 is 94.2 Å². The van der Waals surface area contributed by atoms with Gasteiger partial charge in [0.15, 0.2) is 0 Å². The van der Waals surface area contributed by atoms with Crippen LogP contribution in [0.4, 0.5) is 0 Å². The Labute approximate surface area is 175 Å². The summed E-state index contributed by atoms with van der Waals surface area (Å²) >= 11 is 7.03. The number of hydroxylamine groups is 2. The van der Waals surface area contributed by atoms with Crippen LogP contribution >= 0.6 is 45.2 Å². The van der Waals surface area contributed by atoms with Crippen LogP contribution in [0.25, 0.3) is 0 Å². The summed E-state index contributed by atoms with van der Waals surface area (Å²) in [5.74, 6) is 0. The summed E-state index contributed by atoms with van der Waals surface area (Å²) in [6.07, 6.45) is 6.47. The summed E-state index contributed by atoms with van der Waals surface area (Å²) in [5.41, 5.74) is 1.34. The molecule has 23 heavy (non-hydrogen) atoms. The summed E-state index contributed by atoms with van der Waals surface area (Å²) in [5, 5.41) is 10.6. The molecular formula is C16H21I2N3OPt. The van der Waals surface area contributed by atoms with Gasteiger partial charge in [0.05, 0.1) is 7.97 Å². The van der Waals surface area contributed by atoms with Crippen molar-refractivity contribution in [3.05, 3.63) is 52.1 Å². The first-order valence-corrected chi connectivity index (χ1v) is 11.1. The Morgan fingerprint density at radius 1 is 1.26 bits per heavy atom. The molecule has 1 N–H and O–H groups in total. The average molecular weight is 720 g/mol. The molecule has 7 heteroatoms. The zero-order valence-corrected chi connectivity index (χ0v) is 19.5. The van der Waals surface area contributed by atoms with E-state index in [1.165, 1.54) is 14.4 Å². The molecule has 130 valence electrons. The van der Waals surface area contributed by atoms with E-state index in [0.29, 0.717) is 7.97 Å². The van der Waals surface area contributed by atoms with Crippen LogP contribution in [-0.4, -0.2) is 33.9 Å². The van der Waals surface area contributed by atoms with Crippen molar-refractivity contribution in [1.29, 1.82) is 0 Å². The normalized spacial score (nSPS) is 18.1. The molecule has 1 aromatic heterocycles. The van der Waals surface area contributed by atoms with Crippen molar-refractivity contribution in [2.24, 2.45) is 7.05 Å². The van der Waals surface area contributed by atoms with E-state index >= 15 is 0 Å². The minimum atomic E-state index is 0.395. The average Bonchev–Trinajstić information content (AvgIpc) is 3.10. The van der Waals surface area contributed by atoms with Gasteiger partial charge in [-0.15, -0.1) is 0 Å². The van der Waals surface area contributed by atoms with Crippen LogP contribution in [0.3, 0.4) is 0 Å². The van der Waals surface area contributed by atoms with Crippen molar-refractivity contribution in [3.8, 4) is 0 Å². The van der Waals surface area contributed by atoms with Crippen LogP contribution in [0, 0.1) is 3.80 Å². The predicted octanol–water partition coefficient (Wildman–Crippen LogP) is 3.99. The quantitative estimate of drug-likeness (QED) is 0.385. The second kappa shape index (κ2) is 9.85. The Morgan fingerprint density at radius 3 is 2.39 bits per heavy atom. The fourth-order valence-electron chi connectivity index (χ4n) is 2.42. The largest absolute Gasteiger partial charge is 0.314 e. The molecule has 2 aromatic rings. The van der Waals surface area contributed by atoms with E-state index in [1.54, 1.807) is 0 Å². The number of aromatic nitrogens is 2. The number of hydrogen-bond donors (Lipinski definition) is 1. The van der Waals surface area contributed by atoms with Gasteiger partial charge in [-0.3, -0.25) is 0 Å². The molecule has 0 unspecified atom stereocenters. The number of rotatable bonds is 3. The van der Waals surface area contributed by atoms with E-state index in [4.69, 9.17) is 0 Å². The molecule has 0 radical (unpaired) electrons. The SMILES string of the molecule is Cn1ccn(Cc2ccccc2)[c]1=[Pt].ON1CCC[C@H]1C(I)I. The number of imidazole rings is 1. The third-order valence-electron chi connectivity index (χ3n) is 3.72. The maximum absolute atomic E-state index is 9.18. The van der Waals surface area contributed by atoms with E-state index in [-0.39, 0.29) is 0 Å². The monoisotopic (exact) mass is 720 g/mol. The van der Waals surface area contributed by atoms with Gasteiger partial charge in [-0.05, 0) is 12.8 Å². The molecule has 0 saturated carbocycles. The smallest absolute Gasteiger partial charge is 0.0804 e. The van der Waals surface area contributed by atoms with Crippen LogP contribution in [0.2, 0.25) is 0 Å². The zero-order chi connectivity index (χ0) is 16.8.